The molecule has 0 aliphatic heterocycles. The molecule has 4 rings (SSSR count). The number of imidazole rings is 1. The number of fused-ring (bicyclic) bond motifs is 1. The van der Waals surface area contributed by atoms with E-state index in [-0.39, 0.29) is 11.2 Å². The first-order valence-electron chi connectivity index (χ1n) is 9.26. The Bertz CT molecular complexity index is 1280. The summed E-state index contributed by atoms with van der Waals surface area (Å²) in [5.74, 6) is 0.556. The molecule has 2 aromatic heterocycles. The molecule has 0 radical (unpaired) electrons. The summed E-state index contributed by atoms with van der Waals surface area (Å²) in [5, 5.41) is 5.73. The minimum absolute atomic E-state index is 0.0495. The molecule has 4 aromatic rings. The van der Waals surface area contributed by atoms with Crippen molar-refractivity contribution in [3.8, 4) is 5.82 Å². The number of alkyl halides is 6. The standard InChI is InChI=1S/C21H13F6N5S/c22-20(23,24)13-8-14(21(25,26)27)10-15(9-13)29-19(33)30-16-3-1-2-12-4-5-17(31-18(12)16)32-7-6-28-11-32/h1-11H,(H2,29,30,33). The van der Waals surface area contributed by atoms with Gasteiger partial charge in [0.1, 0.15) is 12.1 Å². The van der Waals surface area contributed by atoms with E-state index in [1.54, 1.807) is 47.6 Å². The fourth-order valence-corrected chi connectivity index (χ4v) is 3.32. The maximum atomic E-state index is 13.1. The first-order valence-corrected chi connectivity index (χ1v) is 9.67. The van der Waals surface area contributed by atoms with Gasteiger partial charge < -0.3 is 10.6 Å². The number of nitrogens with zero attached hydrogens (tertiary/aromatic N) is 3. The first-order chi connectivity index (χ1) is 15.5. The Hall–Kier alpha value is -3.67. The third-order valence-electron chi connectivity index (χ3n) is 4.57. The third kappa shape index (κ3) is 5.06. The first kappa shape index (κ1) is 22.5. The molecule has 0 aliphatic carbocycles. The fraction of sp³-hybridized carbons (Fsp3) is 0.0952. The lowest BCUT2D eigenvalue weighted by atomic mass is 10.1. The van der Waals surface area contributed by atoms with E-state index in [9.17, 15) is 26.3 Å². The lowest BCUT2D eigenvalue weighted by Crippen LogP contribution is -2.21. The average Bonchev–Trinajstić information content (AvgIpc) is 3.27. The minimum atomic E-state index is -4.96. The van der Waals surface area contributed by atoms with Gasteiger partial charge in [-0.05, 0) is 48.6 Å². The summed E-state index contributed by atoms with van der Waals surface area (Å²) in [7, 11) is 0. The molecule has 0 aliphatic rings. The van der Waals surface area contributed by atoms with Crippen molar-refractivity contribution >= 4 is 39.6 Å². The van der Waals surface area contributed by atoms with Gasteiger partial charge in [-0.25, -0.2) is 9.97 Å². The van der Waals surface area contributed by atoms with Crippen LogP contribution in [0.15, 0.2) is 67.3 Å². The predicted molar refractivity (Wildman–Crippen MR) is 115 cm³/mol. The number of nitrogens with one attached hydrogen (secondary N) is 2. The van der Waals surface area contributed by atoms with Crippen LogP contribution in [-0.2, 0) is 12.4 Å². The normalized spacial score (nSPS) is 12.1. The molecular weight excluding hydrogens is 468 g/mol. The molecule has 5 nitrogen and oxygen atoms in total. The molecule has 33 heavy (non-hydrogen) atoms. The third-order valence-corrected chi connectivity index (χ3v) is 4.77. The number of hydrogen-bond acceptors (Lipinski definition) is 3. The van der Waals surface area contributed by atoms with Gasteiger partial charge in [0.15, 0.2) is 5.11 Å². The number of pyridine rings is 1. The highest BCUT2D eigenvalue weighted by molar-refractivity contribution is 7.80. The monoisotopic (exact) mass is 481 g/mol. The number of thiocarbonyl (C=S) groups is 1. The van der Waals surface area contributed by atoms with Crippen LogP contribution in [0.25, 0.3) is 16.7 Å². The van der Waals surface area contributed by atoms with Crippen LogP contribution >= 0.6 is 12.2 Å². The second-order valence-corrected chi connectivity index (χ2v) is 7.30. The summed E-state index contributed by atoms with van der Waals surface area (Å²) >= 11 is 5.14. The molecule has 0 spiro atoms. The zero-order valence-corrected chi connectivity index (χ0v) is 17.2. The molecule has 0 bridgehead atoms. The summed E-state index contributed by atoms with van der Waals surface area (Å²) in [6.07, 6.45) is -5.09. The maximum Gasteiger partial charge on any atom is 0.416 e. The van der Waals surface area contributed by atoms with Crippen molar-refractivity contribution < 1.29 is 26.3 Å². The van der Waals surface area contributed by atoms with Crippen LogP contribution in [0.3, 0.4) is 0 Å². The predicted octanol–water partition coefficient (Wildman–Crippen LogP) is 6.27. The van der Waals surface area contributed by atoms with Crippen LogP contribution in [0.5, 0.6) is 0 Å². The summed E-state index contributed by atoms with van der Waals surface area (Å²) in [4.78, 5) is 8.51. The Morgan fingerprint density at radius 1 is 0.879 bits per heavy atom. The number of aromatic nitrogens is 3. The van der Waals surface area contributed by atoms with E-state index < -0.39 is 29.2 Å². The summed E-state index contributed by atoms with van der Waals surface area (Å²) in [6.45, 7) is 0. The van der Waals surface area contributed by atoms with Crippen LogP contribution in [0.1, 0.15) is 11.1 Å². The Morgan fingerprint density at radius 2 is 1.58 bits per heavy atom. The van der Waals surface area contributed by atoms with Crippen LogP contribution in [0.2, 0.25) is 0 Å². The number of hydrogen-bond donors (Lipinski definition) is 2. The van der Waals surface area contributed by atoms with Gasteiger partial charge in [0.2, 0.25) is 0 Å². The zero-order valence-electron chi connectivity index (χ0n) is 16.4. The van der Waals surface area contributed by atoms with Crippen LogP contribution < -0.4 is 10.6 Å². The quantitative estimate of drug-likeness (QED) is 0.267. The molecule has 0 saturated heterocycles. The molecule has 12 heteroatoms. The van der Waals surface area contributed by atoms with E-state index in [0.717, 1.165) is 5.39 Å². The number of para-hydroxylation sites is 1. The van der Waals surface area contributed by atoms with Crippen LogP contribution in [0.4, 0.5) is 37.7 Å². The molecule has 0 amide bonds. The summed E-state index contributed by atoms with van der Waals surface area (Å²) < 4.78 is 80.2. The van der Waals surface area contributed by atoms with E-state index in [1.807, 2.05) is 6.07 Å². The molecule has 2 N–H and O–H groups in total. The lowest BCUT2D eigenvalue weighted by molar-refractivity contribution is -0.143. The van der Waals surface area contributed by atoms with Gasteiger partial charge >= 0.3 is 12.4 Å². The number of anilines is 2. The van der Waals surface area contributed by atoms with Gasteiger partial charge in [-0.2, -0.15) is 26.3 Å². The molecule has 170 valence electrons. The van der Waals surface area contributed by atoms with E-state index in [1.165, 1.54) is 0 Å². The second kappa shape index (κ2) is 8.35. The van der Waals surface area contributed by atoms with Gasteiger partial charge in [-0.1, -0.05) is 12.1 Å². The van der Waals surface area contributed by atoms with Crippen LogP contribution in [-0.4, -0.2) is 19.6 Å². The van der Waals surface area contributed by atoms with E-state index in [2.05, 4.69) is 20.6 Å². The topological polar surface area (TPSA) is 54.8 Å². The smallest absolute Gasteiger partial charge is 0.332 e. The van der Waals surface area contributed by atoms with E-state index in [0.29, 0.717) is 29.2 Å². The highest BCUT2D eigenvalue weighted by Crippen LogP contribution is 2.37. The van der Waals surface area contributed by atoms with Crippen molar-refractivity contribution in [2.24, 2.45) is 0 Å². The SMILES string of the molecule is FC(F)(F)c1cc(NC(=S)Nc2cccc3ccc(-n4ccnc4)nc23)cc(C(F)(F)F)c1. The highest BCUT2D eigenvalue weighted by Gasteiger charge is 2.37. The highest BCUT2D eigenvalue weighted by atomic mass is 32.1. The Kier molecular flexibility index (Phi) is 5.70. The van der Waals surface area contributed by atoms with E-state index in [4.69, 9.17) is 12.2 Å². The minimum Gasteiger partial charge on any atom is -0.332 e. The largest absolute Gasteiger partial charge is 0.416 e. The summed E-state index contributed by atoms with van der Waals surface area (Å²) in [5.41, 5.74) is -2.44. The molecule has 0 atom stereocenters. The summed E-state index contributed by atoms with van der Waals surface area (Å²) in [6, 6.07) is 9.88. The number of rotatable bonds is 3. The van der Waals surface area contributed by atoms with Gasteiger partial charge in [0.05, 0.1) is 22.3 Å². The lowest BCUT2D eigenvalue weighted by Gasteiger charge is -2.16. The second-order valence-electron chi connectivity index (χ2n) is 6.89. The Balaban J connectivity index is 1.64. The van der Waals surface area contributed by atoms with Gasteiger partial charge in [0, 0.05) is 23.5 Å². The maximum absolute atomic E-state index is 13.1. The molecule has 2 aromatic carbocycles. The number of halogens is 6. The van der Waals surface area contributed by atoms with Crippen molar-refractivity contribution in [3.05, 3.63) is 78.4 Å². The van der Waals surface area contributed by atoms with E-state index >= 15 is 0 Å². The molecule has 0 saturated carbocycles. The molecule has 2 heterocycles. The van der Waals surface area contributed by atoms with Crippen molar-refractivity contribution in [2.75, 3.05) is 10.6 Å². The van der Waals surface area contributed by atoms with Crippen molar-refractivity contribution in [3.63, 3.8) is 0 Å². The molecule has 0 fully saturated rings. The molecular formula is C21H13F6N5S. The van der Waals surface area contributed by atoms with Crippen molar-refractivity contribution in [2.45, 2.75) is 12.4 Å². The number of benzene rings is 2. The average molecular weight is 481 g/mol. The van der Waals surface area contributed by atoms with Gasteiger partial charge in [0.25, 0.3) is 0 Å². The van der Waals surface area contributed by atoms with Gasteiger partial charge in [-0.3, -0.25) is 4.57 Å². The van der Waals surface area contributed by atoms with Crippen molar-refractivity contribution in [1.29, 1.82) is 0 Å². The van der Waals surface area contributed by atoms with Gasteiger partial charge in [-0.15, -0.1) is 0 Å². The zero-order chi connectivity index (χ0) is 23.8. The fourth-order valence-electron chi connectivity index (χ4n) is 3.09. The van der Waals surface area contributed by atoms with Crippen molar-refractivity contribution in [1.82, 2.24) is 14.5 Å². The Labute approximate surface area is 188 Å². The van der Waals surface area contributed by atoms with Crippen LogP contribution in [0, 0.1) is 0 Å². The Morgan fingerprint density at radius 3 is 2.18 bits per heavy atom. The molecule has 0 unspecified atom stereocenters.